The molecule has 0 atom stereocenters. The van der Waals surface area contributed by atoms with Crippen LogP contribution in [-0.2, 0) is 9.59 Å². The predicted molar refractivity (Wildman–Crippen MR) is 119 cm³/mol. The first-order valence-electron chi connectivity index (χ1n) is 11.0. The molecular formula is C21H27N7O2S. The van der Waals surface area contributed by atoms with Crippen molar-refractivity contribution in [2.75, 3.05) is 60.5 Å². The first-order valence-corrected chi connectivity index (χ1v) is 11.8. The normalized spacial score (nSPS) is 20.6. The fraction of sp³-hybridized carbons (Fsp3) is 0.571. The lowest BCUT2D eigenvalue weighted by molar-refractivity contribution is -0.136. The van der Waals surface area contributed by atoms with Gasteiger partial charge in [-0.25, -0.2) is 4.98 Å². The van der Waals surface area contributed by atoms with E-state index in [2.05, 4.69) is 25.0 Å². The Morgan fingerprint density at radius 3 is 2.39 bits per heavy atom. The van der Waals surface area contributed by atoms with Crippen molar-refractivity contribution in [1.29, 1.82) is 0 Å². The molecular weight excluding hydrogens is 414 g/mol. The first kappa shape index (κ1) is 20.2. The molecule has 2 aromatic rings. The van der Waals surface area contributed by atoms with Crippen molar-refractivity contribution in [2.45, 2.75) is 25.7 Å². The van der Waals surface area contributed by atoms with Crippen LogP contribution < -0.4 is 14.7 Å². The van der Waals surface area contributed by atoms with Crippen LogP contribution in [0, 0.1) is 5.92 Å². The predicted octanol–water partition coefficient (Wildman–Crippen LogP) is 1.63. The van der Waals surface area contributed by atoms with Crippen LogP contribution in [0.3, 0.4) is 0 Å². The van der Waals surface area contributed by atoms with E-state index >= 15 is 0 Å². The van der Waals surface area contributed by atoms with Gasteiger partial charge in [0.2, 0.25) is 22.1 Å². The Hall–Kier alpha value is -2.75. The lowest BCUT2D eigenvalue weighted by atomic mass is 9.95. The maximum Gasteiger partial charge on any atom is 0.228 e. The van der Waals surface area contributed by atoms with Gasteiger partial charge in [-0.1, -0.05) is 17.4 Å². The van der Waals surface area contributed by atoms with E-state index in [1.807, 2.05) is 29.3 Å². The summed E-state index contributed by atoms with van der Waals surface area (Å²) in [7, 11) is 0. The molecule has 10 heteroatoms. The molecule has 0 spiro atoms. The van der Waals surface area contributed by atoms with E-state index in [1.54, 1.807) is 4.90 Å². The molecule has 0 N–H and O–H groups in total. The van der Waals surface area contributed by atoms with E-state index in [4.69, 9.17) is 0 Å². The van der Waals surface area contributed by atoms with E-state index in [1.165, 1.54) is 11.3 Å². The first-order chi connectivity index (χ1) is 15.2. The fourth-order valence-electron chi connectivity index (χ4n) is 4.57. The minimum atomic E-state index is 0.0743. The third-order valence-corrected chi connectivity index (χ3v) is 7.39. The molecule has 3 aliphatic rings. The summed E-state index contributed by atoms with van der Waals surface area (Å²) in [4.78, 5) is 37.6. The van der Waals surface area contributed by atoms with Gasteiger partial charge in [-0.15, -0.1) is 10.2 Å². The molecule has 2 amide bonds. The van der Waals surface area contributed by atoms with Crippen LogP contribution in [0.5, 0.6) is 0 Å². The highest BCUT2D eigenvalue weighted by Gasteiger charge is 2.32. The van der Waals surface area contributed by atoms with Crippen LogP contribution in [-0.4, -0.2) is 77.7 Å². The van der Waals surface area contributed by atoms with Gasteiger partial charge in [-0.05, 0) is 31.4 Å². The zero-order valence-electron chi connectivity index (χ0n) is 17.5. The van der Waals surface area contributed by atoms with Crippen molar-refractivity contribution in [3.8, 4) is 0 Å². The Morgan fingerprint density at radius 1 is 0.935 bits per heavy atom. The lowest BCUT2D eigenvalue weighted by Crippen LogP contribution is -2.51. The largest absolute Gasteiger partial charge is 0.353 e. The highest BCUT2D eigenvalue weighted by Crippen LogP contribution is 2.32. The molecule has 3 aliphatic heterocycles. The van der Waals surface area contributed by atoms with Crippen LogP contribution in [0.2, 0.25) is 0 Å². The number of piperazine rings is 1. The van der Waals surface area contributed by atoms with E-state index in [0.29, 0.717) is 11.6 Å². The summed E-state index contributed by atoms with van der Waals surface area (Å²) in [6.45, 7) is 5.48. The summed E-state index contributed by atoms with van der Waals surface area (Å²) in [5, 5.41) is 10.1. The van der Waals surface area contributed by atoms with Crippen molar-refractivity contribution in [3.05, 3.63) is 24.4 Å². The van der Waals surface area contributed by atoms with Gasteiger partial charge >= 0.3 is 0 Å². The number of pyridine rings is 1. The van der Waals surface area contributed by atoms with E-state index in [-0.39, 0.29) is 17.7 Å². The zero-order chi connectivity index (χ0) is 21.2. The van der Waals surface area contributed by atoms with Crippen molar-refractivity contribution >= 4 is 39.2 Å². The number of nitrogens with zero attached hydrogens (tertiary/aromatic N) is 7. The fourth-order valence-corrected chi connectivity index (χ4v) is 5.51. The molecule has 0 radical (unpaired) electrons. The molecule has 0 aromatic carbocycles. The number of hydrogen-bond acceptors (Lipinski definition) is 8. The summed E-state index contributed by atoms with van der Waals surface area (Å²) in [6, 6.07) is 5.94. The monoisotopic (exact) mass is 441 g/mol. The van der Waals surface area contributed by atoms with Crippen LogP contribution >= 0.6 is 11.3 Å². The number of aromatic nitrogens is 3. The molecule has 0 bridgehead atoms. The third-order valence-electron chi connectivity index (χ3n) is 6.39. The average Bonchev–Trinajstić information content (AvgIpc) is 3.48. The van der Waals surface area contributed by atoms with Gasteiger partial charge in [0.05, 0.1) is 0 Å². The van der Waals surface area contributed by atoms with Gasteiger partial charge < -0.3 is 14.7 Å². The number of carbonyl (C=O) groups is 2. The zero-order valence-corrected chi connectivity index (χ0v) is 18.3. The van der Waals surface area contributed by atoms with Gasteiger partial charge in [0.25, 0.3) is 0 Å². The average molecular weight is 442 g/mol. The van der Waals surface area contributed by atoms with Gasteiger partial charge in [-0.2, -0.15) is 0 Å². The highest BCUT2D eigenvalue weighted by molar-refractivity contribution is 7.19. The number of carbonyl (C=O) groups excluding carboxylic acids is 2. The molecule has 0 aliphatic carbocycles. The topological polar surface area (TPSA) is 85.8 Å². The Morgan fingerprint density at radius 2 is 1.71 bits per heavy atom. The second kappa shape index (κ2) is 8.78. The minimum absolute atomic E-state index is 0.0743. The molecule has 0 unspecified atom stereocenters. The maximum absolute atomic E-state index is 13.1. The van der Waals surface area contributed by atoms with Gasteiger partial charge in [0, 0.05) is 64.3 Å². The van der Waals surface area contributed by atoms with Crippen molar-refractivity contribution in [2.24, 2.45) is 5.92 Å². The number of rotatable bonds is 4. The molecule has 2 aromatic heterocycles. The van der Waals surface area contributed by atoms with Gasteiger partial charge in [-0.3, -0.25) is 14.5 Å². The molecule has 0 saturated carbocycles. The Kier molecular flexibility index (Phi) is 5.71. The van der Waals surface area contributed by atoms with E-state index < -0.39 is 0 Å². The summed E-state index contributed by atoms with van der Waals surface area (Å²) >= 11 is 1.48. The van der Waals surface area contributed by atoms with E-state index in [0.717, 1.165) is 76.0 Å². The maximum atomic E-state index is 13.1. The standard InChI is InChI=1S/C21H27N7O2S/c29-18-5-3-9-28(18)21-24-23-20(31-21)27-10-6-16(7-11-27)19(30)26-14-12-25(13-15-26)17-4-1-2-8-22-17/h1-2,4,8,16H,3,5-7,9-15H2. The summed E-state index contributed by atoms with van der Waals surface area (Å²) < 4.78 is 0. The second-order valence-corrected chi connectivity index (χ2v) is 9.21. The van der Waals surface area contributed by atoms with Gasteiger partial charge in [0.15, 0.2) is 0 Å². The molecule has 164 valence electrons. The number of anilines is 3. The minimum Gasteiger partial charge on any atom is -0.353 e. The van der Waals surface area contributed by atoms with E-state index in [9.17, 15) is 9.59 Å². The molecule has 9 nitrogen and oxygen atoms in total. The number of amides is 2. The Balaban J connectivity index is 1.12. The number of hydrogen-bond donors (Lipinski definition) is 0. The van der Waals surface area contributed by atoms with Crippen LogP contribution in [0.4, 0.5) is 16.1 Å². The van der Waals surface area contributed by atoms with Crippen LogP contribution in [0.1, 0.15) is 25.7 Å². The lowest BCUT2D eigenvalue weighted by Gasteiger charge is -2.38. The Bertz CT molecular complexity index is 921. The molecule has 5 rings (SSSR count). The molecule has 5 heterocycles. The third kappa shape index (κ3) is 4.21. The highest BCUT2D eigenvalue weighted by atomic mass is 32.1. The summed E-state index contributed by atoms with van der Waals surface area (Å²) in [5.74, 6) is 1.47. The summed E-state index contributed by atoms with van der Waals surface area (Å²) in [5.41, 5.74) is 0. The summed E-state index contributed by atoms with van der Waals surface area (Å²) in [6.07, 6.45) is 4.95. The Labute approximate surface area is 185 Å². The molecule has 3 fully saturated rings. The second-order valence-electron chi connectivity index (χ2n) is 8.28. The van der Waals surface area contributed by atoms with Crippen molar-refractivity contribution < 1.29 is 9.59 Å². The van der Waals surface area contributed by atoms with Crippen LogP contribution in [0.15, 0.2) is 24.4 Å². The van der Waals surface area contributed by atoms with Crippen molar-refractivity contribution in [1.82, 2.24) is 20.1 Å². The van der Waals surface area contributed by atoms with Crippen LogP contribution in [0.25, 0.3) is 0 Å². The van der Waals surface area contributed by atoms with Gasteiger partial charge in [0.1, 0.15) is 5.82 Å². The van der Waals surface area contributed by atoms with Crippen molar-refractivity contribution in [3.63, 3.8) is 0 Å². The SMILES string of the molecule is O=C(C1CCN(c2nnc(N3CCCC3=O)s2)CC1)N1CCN(c2ccccn2)CC1. The quantitative estimate of drug-likeness (QED) is 0.713. The molecule has 31 heavy (non-hydrogen) atoms. The number of piperidine rings is 1. The molecule has 3 saturated heterocycles. The smallest absolute Gasteiger partial charge is 0.228 e.